The summed E-state index contributed by atoms with van der Waals surface area (Å²) in [6.45, 7) is 3.49. The Labute approximate surface area is 198 Å². The number of alkyl carbamates (subject to hydrolysis) is 1. The van der Waals surface area contributed by atoms with Crippen molar-refractivity contribution in [1.29, 1.82) is 0 Å². The molecule has 0 bridgehead atoms. The number of rotatable bonds is 8. The van der Waals surface area contributed by atoms with E-state index in [1.54, 1.807) is 0 Å². The lowest BCUT2D eigenvalue weighted by Gasteiger charge is -2.32. The Balaban J connectivity index is 1.28. The molecule has 0 spiro atoms. The molecule has 2 aromatic rings. The van der Waals surface area contributed by atoms with Gasteiger partial charge in [0.2, 0.25) is 0 Å². The Morgan fingerprint density at radius 1 is 1.03 bits per heavy atom. The maximum absolute atomic E-state index is 12.5. The van der Waals surface area contributed by atoms with E-state index < -0.39 is 18.1 Å². The fourth-order valence-corrected chi connectivity index (χ4v) is 4.84. The van der Waals surface area contributed by atoms with Gasteiger partial charge in [0.1, 0.15) is 18.8 Å². The van der Waals surface area contributed by atoms with Crippen LogP contribution in [0.15, 0.2) is 48.5 Å². The molecule has 1 aliphatic heterocycles. The number of nitrogens with zero attached hydrogens (tertiary/aromatic N) is 1. The highest BCUT2D eigenvalue weighted by atomic mass is 16.6. The van der Waals surface area contributed by atoms with Gasteiger partial charge in [-0.2, -0.15) is 0 Å². The summed E-state index contributed by atoms with van der Waals surface area (Å²) in [5.41, 5.74) is 4.47. The molecule has 1 atom stereocenters. The van der Waals surface area contributed by atoms with E-state index in [0.717, 1.165) is 48.2 Å². The largest absolute Gasteiger partial charge is 0.480 e. The summed E-state index contributed by atoms with van der Waals surface area (Å²) in [5.74, 6) is -1.46. The molecule has 2 N–H and O–H groups in total. The monoisotopic (exact) mass is 466 g/mol. The van der Waals surface area contributed by atoms with Crippen LogP contribution in [0.4, 0.5) is 4.79 Å². The van der Waals surface area contributed by atoms with Crippen molar-refractivity contribution in [3.63, 3.8) is 0 Å². The van der Waals surface area contributed by atoms with Gasteiger partial charge in [0, 0.05) is 32.5 Å². The van der Waals surface area contributed by atoms with Crippen molar-refractivity contribution in [2.45, 2.75) is 44.2 Å². The molecule has 34 heavy (non-hydrogen) atoms. The Morgan fingerprint density at radius 2 is 1.62 bits per heavy atom. The van der Waals surface area contributed by atoms with Crippen molar-refractivity contribution in [3.05, 3.63) is 59.7 Å². The quantitative estimate of drug-likeness (QED) is 0.575. The van der Waals surface area contributed by atoms with Gasteiger partial charge in [0.05, 0.1) is 0 Å². The third-order valence-electron chi connectivity index (χ3n) is 6.54. The molecule has 0 saturated carbocycles. The van der Waals surface area contributed by atoms with Crippen LogP contribution in [0.3, 0.4) is 0 Å². The van der Waals surface area contributed by atoms with Crippen molar-refractivity contribution in [3.8, 4) is 11.1 Å². The fraction of sp³-hybridized carbons (Fsp3) is 0.423. The summed E-state index contributed by atoms with van der Waals surface area (Å²) in [4.78, 5) is 37.4. The number of piperidine rings is 1. The minimum absolute atomic E-state index is 0.0806. The van der Waals surface area contributed by atoms with Gasteiger partial charge in [-0.15, -0.1) is 0 Å². The number of hydrogen-bond acceptors (Lipinski definition) is 6. The van der Waals surface area contributed by atoms with Crippen LogP contribution >= 0.6 is 0 Å². The lowest BCUT2D eigenvalue weighted by atomic mass is 9.98. The fourth-order valence-electron chi connectivity index (χ4n) is 4.84. The average Bonchev–Trinajstić information content (AvgIpc) is 3.14. The van der Waals surface area contributed by atoms with Gasteiger partial charge in [-0.05, 0) is 41.5 Å². The van der Waals surface area contributed by atoms with Crippen LogP contribution in [-0.4, -0.2) is 66.4 Å². The number of carbonyl (C=O) groups excluding carboxylic acids is 2. The number of esters is 1. The molecule has 1 saturated heterocycles. The number of benzene rings is 2. The van der Waals surface area contributed by atoms with E-state index in [2.05, 4.69) is 22.3 Å². The summed E-state index contributed by atoms with van der Waals surface area (Å²) in [7, 11) is 0. The van der Waals surface area contributed by atoms with E-state index in [1.165, 1.54) is 6.92 Å². The van der Waals surface area contributed by atoms with Crippen LogP contribution in [0.25, 0.3) is 11.1 Å². The number of carbonyl (C=O) groups is 3. The summed E-state index contributed by atoms with van der Waals surface area (Å²) in [6, 6.07) is 15.1. The van der Waals surface area contributed by atoms with Crippen molar-refractivity contribution in [1.82, 2.24) is 10.2 Å². The second-order valence-electron chi connectivity index (χ2n) is 8.80. The number of likely N-dealkylation sites (tertiary alicyclic amines) is 1. The molecule has 1 aliphatic carbocycles. The first kappa shape index (κ1) is 23.8. The predicted octanol–water partition coefficient (Wildman–Crippen LogP) is 3.40. The molecule has 0 radical (unpaired) electrons. The van der Waals surface area contributed by atoms with Gasteiger partial charge in [0.25, 0.3) is 0 Å². The molecule has 180 valence electrons. The summed E-state index contributed by atoms with van der Waals surface area (Å²) < 4.78 is 10.7. The highest BCUT2D eigenvalue weighted by Gasteiger charge is 2.30. The highest BCUT2D eigenvalue weighted by molar-refractivity contribution is 5.81. The van der Waals surface area contributed by atoms with Crippen LogP contribution in [0.1, 0.15) is 43.2 Å². The first-order valence-electron chi connectivity index (χ1n) is 11.7. The van der Waals surface area contributed by atoms with Gasteiger partial charge in [-0.25, -0.2) is 9.59 Å². The van der Waals surface area contributed by atoms with E-state index in [1.807, 2.05) is 36.4 Å². The molecule has 1 fully saturated rings. The van der Waals surface area contributed by atoms with Gasteiger partial charge >= 0.3 is 18.0 Å². The number of hydrogen-bond donors (Lipinski definition) is 2. The van der Waals surface area contributed by atoms with Crippen LogP contribution < -0.4 is 5.32 Å². The lowest BCUT2D eigenvalue weighted by molar-refractivity contribution is -0.148. The van der Waals surface area contributed by atoms with Crippen LogP contribution in [0.5, 0.6) is 0 Å². The van der Waals surface area contributed by atoms with Crippen LogP contribution in [0, 0.1) is 0 Å². The van der Waals surface area contributed by atoms with E-state index in [9.17, 15) is 19.5 Å². The number of ether oxygens (including phenoxy) is 2. The zero-order valence-corrected chi connectivity index (χ0v) is 19.2. The van der Waals surface area contributed by atoms with Gasteiger partial charge in [-0.1, -0.05) is 48.5 Å². The predicted molar refractivity (Wildman–Crippen MR) is 125 cm³/mol. The SMILES string of the molecule is CC(=O)OC1CCN(CC[C@H](NC(=O)OCC2c3ccccc3-c3ccccc32)C(=O)O)CC1. The van der Waals surface area contributed by atoms with E-state index in [0.29, 0.717) is 6.54 Å². The molecule has 0 unspecified atom stereocenters. The topological polar surface area (TPSA) is 105 Å². The Hall–Kier alpha value is -3.39. The standard InChI is InChI=1S/C26H30N2O6/c1-17(29)34-18-10-13-28(14-11-18)15-12-24(25(30)31)27-26(32)33-16-23-21-8-4-2-6-19(21)20-7-3-5-9-22(20)23/h2-9,18,23-24H,10-16H2,1H3,(H,27,32)(H,30,31)/t24-/m0/s1. The normalized spacial score (nSPS) is 16.9. The number of carboxylic acids is 1. The smallest absolute Gasteiger partial charge is 0.407 e. The number of carboxylic acid groups (broad SMARTS) is 1. The molecule has 1 heterocycles. The first-order chi connectivity index (χ1) is 16.4. The number of nitrogens with one attached hydrogen (secondary N) is 1. The number of aliphatic carboxylic acids is 1. The third-order valence-corrected chi connectivity index (χ3v) is 6.54. The second kappa shape index (κ2) is 10.7. The van der Waals surface area contributed by atoms with Crippen molar-refractivity contribution >= 4 is 18.0 Å². The van der Waals surface area contributed by atoms with Crippen LogP contribution in [0.2, 0.25) is 0 Å². The Morgan fingerprint density at radius 3 is 2.18 bits per heavy atom. The van der Waals surface area contributed by atoms with Gasteiger partial charge in [0.15, 0.2) is 0 Å². The second-order valence-corrected chi connectivity index (χ2v) is 8.80. The number of amides is 1. The zero-order chi connectivity index (χ0) is 24.1. The maximum Gasteiger partial charge on any atom is 0.407 e. The summed E-state index contributed by atoms with van der Waals surface area (Å²) >= 11 is 0. The Kier molecular flexibility index (Phi) is 7.47. The third kappa shape index (κ3) is 5.56. The summed E-state index contributed by atoms with van der Waals surface area (Å²) in [6.07, 6.45) is 0.886. The van der Waals surface area contributed by atoms with Crippen molar-refractivity contribution in [2.24, 2.45) is 0 Å². The molecule has 8 heteroatoms. The average molecular weight is 467 g/mol. The zero-order valence-electron chi connectivity index (χ0n) is 19.2. The first-order valence-corrected chi connectivity index (χ1v) is 11.7. The Bertz CT molecular complexity index is 1000. The molecule has 2 aromatic carbocycles. The van der Waals surface area contributed by atoms with Gasteiger partial charge in [-0.3, -0.25) is 4.79 Å². The minimum Gasteiger partial charge on any atom is -0.480 e. The summed E-state index contributed by atoms with van der Waals surface area (Å²) in [5, 5.41) is 12.1. The van der Waals surface area contributed by atoms with Crippen LogP contribution in [-0.2, 0) is 19.1 Å². The molecule has 4 rings (SSSR count). The molecular formula is C26H30N2O6. The molecule has 0 aromatic heterocycles. The van der Waals surface area contributed by atoms with E-state index in [4.69, 9.17) is 9.47 Å². The molecule has 8 nitrogen and oxygen atoms in total. The maximum atomic E-state index is 12.5. The highest BCUT2D eigenvalue weighted by Crippen LogP contribution is 2.44. The molecule has 1 amide bonds. The van der Waals surface area contributed by atoms with E-state index >= 15 is 0 Å². The molecule has 2 aliphatic rings. The molecular weight excluding hydrogens is 436 g/mol. The number of fused-ring (bicyclic) bond motifs is 3. The van der Waals surface area contributed by atoms with E-state index in [-0.39, 0.29) is 31.0 Å². The van der Waals surface area contributed by atoms with Gasteiger partial charge < -0.3 is 24.8 Å². The van der Waals surface area contributed by atoms with Crippen molar-refractivity contribution in [2.75, 3.05) is 26.2 Å². The van der Waals surface area contributed by atoms with Crippen molar-refractivity contribution < 1.29 is 29.0 Å². The minimum atomic E-state index is -1.09. The lowest BCUT2D eigenvalue weighted by Crippen LogP contribution is -2.45.